The predicted molar refractivity (Wildman–Crippen MR) is 319 cm³/mol. The summed E-state index contributed by atoms with van der Waals surface area (Å²) < 4.78 is 0. The molecule has 1 unspecified atom stereocenters. The molecule has 12 aromatic rings. The number of benzene rings is 12. The summed E-state index contributed by atoms with van der Waals surface area (Å²) in [7, 11) is 0. The normalized spacial score (nSPS) is 14.6. The number of anilines is 6. The zero-order valence-corrected chi connectivity index (χ0v) is 42.6. The molecule has 0 spiro atoms. The fraction of sp³-hybridized carbons (Fsp3) is 0.0541. The third-order valence-electron chi connectivity index (χ3n) is 16.3. The van der Waals surface area contributed by atoms with Crippen LogP contribution in [0.1, 0.15) is 47.2 Å². The summed E-state index contributed by atoms with van der Waals surface area (Å²) in [6.45, 7) is 4.83. The Morgan fingerprint density at radius 3 is 1.39 bits per heavy atom. The Morgan fingerprint density at radius 2 is 0.763 bits per heavy atom. The summed E-state index contributed by atoms with van der Waals surface area (Å²) in [5.74, 6) is 0. The lowest BCUT2D eigenvalue weighted by Gasteiger charge is -2.37. The second kappa shape index (κ2) is 18.2. The maximum Gasteiger partial charge on any atom is 0.0715 e. The third-order valence-corrected chi connectivity index (χ3v) is 16.3. The molecule has 2 heteroatoms. The Morgan fingerprint density at radius 1 is 0.276 bits per heavy atom. The average Bonchev–Trinajstić information content (AvgIpc) is 4.16. The minimum Gasteiger partial charge on any atom is -0.310 e. The summed E-state index contributed by atoms with van der Waals surface area (Å²) >= 11 is 0. The number of nitrogens with zero attached hydrogens (tertiary/aromatic N) is 2. The Hall–Kier alpha value is -9.50. The predicted octanol–water partition coefficient (Wildman–Crippen LogP) is 19.8. The van der Waals surface area contributed by atoms with Crippen LogP contribution in [0.3, 0.4) is 0 Å². The first kappa shape index (κ1) is 45.1. The van der Waals surface area contributed by atoms with Crippen molar-refractivity contribution in [3.05, 3.63) is 325 Å². The maximum atomic E-state index is 2.57. The minimum absolute atomic E-state index is 0.247. The van der Waals surface area contributed by atoms with Crippen molar-refractivity contribution in [1.29, 1.82) is 0 Å². The summed E-state index contributed by atoms with van der Waals surface area (Å²) in [4.78, 5) is 4.94. The van der Waals surface area contributed by atoms with Gasteiger partial charge in [0.1, 0.15) is 0 Å². The highest BCUT2D eigenvalue weighted by Crippen LogP contribution is 2.62. The van der Waals surface area contributed by atoms with Crippen LogP contribution in [0.2, 0.25) is 0 Å². The van der Waals surface area contributed by atoms with E-state index in [0.29, 0.717) is 0 Å². The van der Waals surface area contributed by atoms with E-state index in [0.717, 1.165) is 34.1 Å². The van der Waals surface area contributed by atoms with Gasteiger partial charge in [-0.15, -0.1) is 0 Å². The van der Waals surface area contributed by atoms with Gasteiger partial charge in [-0.05, 0) is 144 Å². The molecule has 360 valence electrons. The van der Waals surface area contributed by atoms with Crippen LogP contribution in [0.15, 0.2) is 291 Å². The fourth-order valence-electron chi connectivity index (χ4n) is 12.8. The van der Waals surface area contributed by atoms with E-state index in [1.165, 1.54) is 88.7 Å². The van der Waals surface area contributed by atoms with Gasteiger partial charge < -0.3 is 9.80 Å². The lowest BCUT2D eigenvalue weighted by atomic mass is 9.66. The van der Waals surface area contributed by atoms with E-state index in [1.54, 1.807) is 0 Å². The second-order valence-electron chi connectivity index (χ2n) is 20.8. The number of para-hydroxylation sites is 2. The standard InChI is InChI=1S/C74H54N2/c1-73(2)67-47-40-55-26-18-19-33-63(55)71(67)65-46-41-57(48-68(65)73)74(56-27-12-5-13-28-56)66-35-21-20-34-64(66)72-69(74)49-62(75(58-29-14-6-15-30-58)60-42-36-53(37-43-60)51-22-8-3-9-23-51)50-70(72)76(59-31-16-7-17-32-59)61-44-38-54(39-45-61)52-24-10-4-11-25-52/h3-50H,1-2H3. The molecular weight excluding hydrogens is 917 g/mol. The molecule has 0 aliphatic heterocycles. The molecule has 2 aliphatic carbocycles. The van der Waals surface area contributed by atoms with Crippen molar-refractivity contribution in [3.8, 4) is 44.5 Å². The average molecular weight is 971 g/mol. The van der Waals surface area contributed by atoms with Gasteiger partial charge in [0, 0.05) is 39.4 Å². The molecule has 0 fully saturated rings. The van der Waals surface area contributed by atoms with Crippen molar-refractivity contribution in [2.24, 2.45) is 0 Å². The van der Waals surface area contributed by atoms with Crippen molar-refractivity contribution in [3.63, 3.8) is 0 Å². The topological polar surface area (TPSA) is 6.48 Å². The fourth-order valence-corrected chi connectivity index (χ4v) is 12.8. The molecule has 0 heterocycles. The summed E-state index contributed by atoms with van der Waals surface area (Å²) in [5.41, 5.74) is 23.0. The van der Waals surface area contributed by atoms with Crippen molar-refractivity contribution in [1.82, 2.24) is 0 Å². The van der Waals surface area contributed by atoms with Gasteiger partial charge in [-0.25, -0.2) is 0 Å². The van der Waals surface area contributed by atoms with Crippen molar-refractivity contribution in [2.75, 3.05) is 9.80 Å². The summed E-state index contributed by atoms with van der Waals surface area (Å²) in [6.07, 6.45) is 0. The van der Waals surface area contributed by atoms with Crippen LogP contribution in [0.25, 0.3) is 55.3 Å². The molecule has 0 N–H and O–H groups in total. The van der Waals surface area contributed by atoms with Crippen molar-refractivity contribution < 1.29 is 0 Å². The van der Waals surface area contributed by atoms with Gasteiger partial charge in [-0.2, -0.15) is 0 Å². The maximum absolute atomic E-state index is 2.57. The van der Waals surface area contributed by atoms with E-state index in [-0.39, 0.29) is 5.41 Å². The molecule has 12 aromatic carbocycles. The molecule has 76 heavy (non-hydrogen) atoms. The van der Waals surface area contributed by atoms with Crippen molar-refractivity contribution in [2.45, 2.75) is 24.7 Å². The summed E-state index contributed by atoms with van der Waals surface area (Å²) in [5, 5.41) is 2.57. The lowest BCUT2D eigenvalue weighted by molar-refractivity contribution is 0.656. The number of hydrogen-bond acceptors (Lipinski definition) is 2. The first-order chi connectivity index (χ1) is 37.5. The molecule has 2 nitrogen and oxygen atoms in total. The molecule has 0 saturated heterocycles. The Bertz CT molecular complexity index is 4090. The molecule has 0 radical (unpaired) electrons. The molecule has 1 atom stereocenters. The molecule has 0 saturated carbocycles. The van der Waals surface area contributed by atoms with Gasteiger partial charge in [-0.1, -0.05) is 244 Å². The van der Waals surface area contributed by atoms with Crippen LogP contribution in [-0.2, 0) is 10.8 Å². The smallest absolute Gasteiger partial charge is 0.0715 e. The number of fused-ring (bicyclic) bond motifs is 8. The van der Waals surface area contributed by atoms with E-state index in [4.69, 9.17) is 0 Å². The van der Waals surface area contributed by atoms with Gasteiger partial charge in [-0.3, -0.25) is 0 Å². The van der Waals surface area contributed by atoms with Crippen LogP contribution in [0.5, 0.6) is 0 Å². The SMILES string of the molecule is CC1(C)c2cc(C3(c4ccccc4)c4ccccc4-c4c(N(c5ccccc5)c5ccc(-c6ccccc6)cc5)cc(N(c5ccccc5)c5ccc(-c6ccccc6)cc5)cc43)ccc2-c2c1ccc1ccccc21. The molecule has 0 bridgehead atoms. The van der Waals surface area contributed by atoms with Gasteiger partial charge in [0.05, 0.1) is 11.1 Å². The quantitative estimate of drug-likeness (QED) is 0.135. The van der Waals surface area contributed by atoms with E-state index in [1.807, 2.05) is 0 Å². The number of hydrogen-bond donors (Lipinski definition) is 0. The monoisotopic (exact) mass is 970 g/mol. The van der Waals surface area contributed by atoms with E-state index < -0.39 is 5.41 Å². The first-order valence-corrected chi connectivity index (χ1v) is 26.5. The Balaban J connectivity index is 1.09. The van der Waals surface area contributed by atoms with Gasteiger partial charge >= 0.3 is 0 Å². The van der Waals surface area contributed by atoms with Crippen LogP contribution in [0.4, 0.5) is 34.1 Å². The highest BCUT2D eigenvalue weighted by Gasteiger charge is 2.49. The van der Waals surface area contributed by atoms with Gasteiger partial charge in [0.2, 0.25) is 0 Å². The molecule has 0 amide bonds. The van der Waals surface area contributed by atoms with E-state index in [9.17, 15) is 0 Å². The van der Waals surface area contributed by atoms with Crippen LogP contribution < -0.4 is 9.80 Å². The van der Waals surface area contributed by atoms with Crippen LogP contribution in [-0.4, -0.2) is 0 Å². The molecular formula is C74H54N2. The largest absolute Gasteiger partial charge is 0.310 e. The third kappa shape index (κ3) is 7.17. The highest BCUT2D eigenvalue weighted by molar-refractivity contribution is 6.04. The second-order valence-corrected chi connectivity index (χ2v) is 20.8. The van der Waals surface area contributed by atoms with E-state index >= 15 is 0 Å². The lowest BCUT2D eigenvalue weighted by Crippen LogP contribution is -2.30. The first-order valence-electron chi connectivity index (χ1n) is 26.5. The molecule has 0 aromatic heterocycles. The summed E-state index contributed by atoms with van der Waals surface area (Å²) in [6, 6.07) is 108. The Labute approximate surface area is 446 Å². The zero-order valence-electron chi connectivity index (χ0n) is 42.6. The van der Waals surface area contributed by atoms with E-state index in [2.05, 4.69) is 315 Å². The minimum atomic E-state index is -0.737. The zero-order chi connectivity index (χ0) is 50.8. The highest BCUT2D eigenvalue weighted by atomic mass is 15.2. The van der Waals surface area contributed by atoms with Gasteiger partial charge in [0.15, 0.2) is 0 Å². The number of rotatable bonds is 10. The molecule has 14 rings (SSSR count). The Kier molecular flexibility index (Phi) is 10.8. The van der Waals surface area contributed by atoms with Crippen LogP contribution >= 0.6 is 0 Å². The van der Waals surface area contributed by atoms with Gasteiger partial charge in [0.25, 0.3) is 0 Å². The van der Waals surface area contributed by atoms with Crippen LogP contribution in [0, 0.1) is 0 Å². The van der Waals surface area contributed by atoms with Crippen molar-refractivity contribution >= 4 is 44.9 Å². The molecule has 2 aliphatic rings.